The molecule has 72 valence electrons. The third kappa shape index (κ3) is 1.46. The van der Waals surface area contributed by atoms with Crippen LogP contribution in [-0.4, -0.2) is 20.6 Å². The van der Waals surface area contributed by atoms with Gasteiger partial charge >= 0.3 is 5.97 Å². The lowest BCUT2D eigenvalue weighted by atomic mass is 10.1. The lowest BCUT2D eigenvalue weighted by Gasteiger charge is -1.97. The SMILES string of the molecule is Cn1cnc2cc(CC(=O)O)ccc21. The van der Waals surface area contributed by atoms with E-state index in [-0.39, 0.29) is 6.42 Å². The molecule has 0 unspecified atom stereocenters. The first-order chi connectivity index (χ1) is 6.66. The van der Waals surface area contributed by atoms with Crippen molar-refractivity contribution in [2.45, 2.75) is 6.42 Å². The van der Waals surface area contributed by atoms with Gasteiger partial charge in [-0.15, -0.1) is 0 Å². The molecule has 0 atom stereocenters. The number of carboxylic acids is 1. The maximum atomic E-state index is 10.5. The summed E-state index contributed by atoms with van der Waals surface area (Å²) in [4.78, 5) is 14.6. The first-order valence-electron chi connectivity index (χ1n) is 4.28. The minimum Gasteiger partial charge on any atom is -0.481 e. The van der Waals surface area contributed by atoms with Crippen LogP contribution >= 0.6 is 0 Å². The molecule has 14 heavy (non-hydrogen) atoms. The number of hydrogen-bond acceptors (Lipinski definition) is 2. The number of nitrogens with zero attached hydrogens (tertiary/aromatic N) is 2. The van der Waals surface area contributed by atoms with E-state index in [1.807, 2.05) is 29.8 Å². The molecule has 0 aliphatic heterocycles. The van der Waals surface area contributed by atoms with Crippen molar-refractivity contribution in [2.24, 2.45) is 7.05 Å². The van der Waals surface area contributed by atoms with Gasteiger partial charge < -0.3 is 9.67 Å². The van der Waals surface area contributed by atoms with Crippen molar-refractivity contribution >= 4 is 17.0 Å². The molecule has 1 N–H and O–H groups in total. The van der Waals surface area contributed by atoms with Crippen LogP contribution in [0, 0.1) is 0 Å². The van der Waals surface area contributed by atoms with Crippen molar-refractivity contribution in [1.82, 2.24) is 9.55 Å². The van der Waals surface area contributed by atoms with Crippen LogP contribution in [0.15, 0.2) is 24.5 Å². The standard InChI is InChI=1S/C10H10N2O2/c1-12-6-11-8-4-7(5-10(13)14)2-3-9(8)12/h2-4,6H,5H2,1H3,(H,13,14). The highest BCUT2D eigenvalue weighted by Crippen LogP contribution is 2.14. The molecule has 0 bridgehead atoms. The van der Waals surface area contributed by atoms with Gasteiger partial charge in [0.1, 0.15) is 0 Å². The zero-order valence-electron chi connectivity index (χ0n) is 7.77. The highest BCUT2D eigenvalue weighted by molar-refractivity contribution is 5.78. The molecule has 0 aliphatic rings. The highest BCUT2D eigenvalue weighted by Gasteiger charge is 2.03. The Kier molecular flexibility index (Phi) is 1.96. The Morgan fingerprint density at radius 2 is 2.36 bits per heavy atom. The zero-order chi connectivity index (χ0) is 10.1. The molecule has 0 aliphatic carbocycles. The van der Waals surface area contributed by atoms with Crippen LogP contribution in [0.25, 0.3) is 11.0 Å². The molecular formula is C10H10N2O2. The topological polar surface area (TPSA) is 55.1 Å². The fourth-order valence-electron chi connectivity index (χ4n) is 1.47. The van der Waals surface area contributed by atoms with Crippen LogP contribution in [0.4, 0.5) is 0 Å². The van der Waals surface area contributed by atoms with Crippen molar-refractivity contribution in [1.29, 1.82) is 0 Å². The molecule has 1 aromatic carbocycles. The summed E-state index contributed by atoms with van der Waals surface area (Å²) >= 11 is 0. The van der Waals surface area contributed by atoms with Gasteiger partial charge in [0, 0.05) is 7.05 Å². The van der Waals surface area contributed by atoms with Gasteiger partial charge in [-0.05, 0) is 17.7 Å². The van der Waals surface area contributed by atoms with Crippen LogP contribution in [0.3, 0.4) is 0 Å². The number of aryl methyl sites for hydroxylation is 1. The van der Waals surface area contributed by atoms with Gasteiger partial charge in [-0.1, -0.05) is 6.07 Å². The van der Waals surface area contributed by atoms with Crippen molar-refractivity contribution in [3.05, 3.63) is 30.1 Å². The van der Waals surface area contributed by atoms with Crippen molar-refractivity contribution < 1.29 is 9.90 Å². The first-order valence-corrected chi connectivity index (χ1v) is 4.28. The van der Waals surface area contributed by atoms with Crippen LogP contribution < -0.4 is 0 Å². The van der Waals surface area contributed by atoms with E-state index >= 15 is 0 Å². The van der Waals surface area contributed by atoms with Crippen LogP contribution in [0.1, 0.15) is 5.56 Å². The molecule has 2 rings (SSSR count). The second-order valence-corrected chi connectivity index (χ2v) is 3.25. The smallest absolute Gasteiger partial charge is 0.307 e. The molecule has 4 heteroatoms. The van der Waals surface area contributed by atoms with E-state index in [1.54, 1.807) is 6.33 Å². The van der Waals surface area contributed by atoms with Gasteiger partial charge in [0.25, 0.3) is 0 Å². The Bertz CT molecular complexity index is 488. The number of hydrogen-bond donors (Lipinski definition) is 1. The lowest BCUT2D eigenvalue weighted by molar-refractivity contribution is -0.136. The first kappa shape index (κ1) is 8.74. The van der Waals surface area contributed by atoms with E-state index in [0.717, 1.165) is 16.6 Å². The number of benzene rings is 1. The van der Waals surface area contributed by atoms with Gasteiger partial charge in [-0.25, -0.2) is 4.98 Å². The summed E-state index contributed by atoms with van der Waals surface area (Å²) in [7, 11) is 1.91. The second kappa shape index (κ2) is 3.14. The van der Waals surface area contributed by atoms with E-state index < -0.39 is 5.97 Å². The minimum atomic E-state index is -0.819. The summed E-state index contributed by atoms with van der Waals surface area (Å²) in [5, 5.41) is 8.62. The number of imidazole rings is 1. The van der Waals surface area contributed by atoms with E-state index in [9.17, 15) is 4.79 Å². The zero-order valence-corrected chi connectivity index (χ0v) is 7.77. The average molecular weight is 190 g/mol. The molecule has 0 radical (unpaired) electrons. The summed E-state index contributed by atoms with van der Waals surface area (Å²) in [5.74, 6) is -0.819. The van der Waals surface area contributed by atoms with Gasteiger partial charge in [0.2, 0.25) is 0 Å². The molecule has 4 nitrogen and oxygen atoms in total. The van der Waals surface area contributed by atoms with Crippen molar-refractivity contribution in [3.8, 4) is 0 Å². The normalized spacial score (nSPS) is 10.6. The molecule has 1 aromatic heterocycles. The molecular weight excluding hydrogens is 180 g/mol. The minimum absolute atomic E-state index is 0.0481. The molecule has 0 saturated carbocycles. The van der Waals surface area contributed by atoms with E-state index in [1.165, 1.54) is 0 Å². The third-order valence-electron chi connectivity index (χ3n) is 2.15. The highest BCUT2D eigenvalue weighted by atomic mass is 16.4. The monoisotopic (exact) mass is 190 g/mol. The van der Waals surface area contributed by atoms with Gasteiger partial charge in [-0.2, -0.15) is 0 Å². The van der Waals surface area contributed by atoms with E-state index in [0.29, 0.717) is 0 Å². The number of rotatable bonds is 2. The third-order valence-corrected chi connectivity index (χ3v) is 2.15. The van der Waals surface area contributed by atoms with Crippen LogP contribution in [0.5, 0.6) is 0 Å². The number of fused-ring (bicyclic) bond motifs is 1. The van der Waals surface area contributed by atoms with E-state index in [4.69, 9.17) is 5.11 Å². The Morgan fingerprint density at radius 3 is 3.07 bits per heavy atom. The Hall–Kier alpha value is -1.84. The summed E-state index contributed by atoms with van der Waals surface area (Å²) in [6, 6.07) is 5.52. The molecule has 1 heterocycles. The molecule has 0 saturated heterocycles. The molecule has 0 amide bonds. The maximum absolute atomic E-state index is 10.5. The van der Waals surface area contributed by atoms with Crippen LogP contribution in [-0.2, 0) is 18.3 Å². The summed E-state index contributed by atoms with van der Waals surface area (Å²) in [5.41, 5.74) is 2.63. The van der Waals surface area contributed by atoms with Gasteiger partial charge in [0.05, 0.1) is 23.8 Å². The molecule has 0 spiro atoms. The fourth-order valence-corrected chi connectivity index (χ4v) is 1.47. The Morgan fingerprint density at radius 1 is 1.57 bits per heavy atom. The number of aromatic nitrogens is 2. The fraction of sp³-hybridized carbons (Fsp3) is 0.200. The van der Waals surface area contributed by atoms with Gasteiger partial charge in [0.15, 0.2) is 0 Å². The Labute approximate surface area is 80.8 Å². The predicted molar refractivity (Wildman–Crippen MR) is 52.1 cm³/mol. The van der Waals surface area contributed by atoms with E-state index in [2.05, 4.69) is 4.98 Å². The number of aliphatic carboxylic acids is 1. The number of carboxylic acid groups (broad SMARTS) is 1. The van der Waals surface area contributed by atoms with Crippen LogP contribution in [0.2, 0.25) is 0 Å². The van der Waals surface area contributed by atoms with Crippen molar-refractivity contribution in [2.75, 3.05) is 0 Å². The lowest BCUT2D eigenvalue weighted by Crippen LogP contribution is -1.99. The quantitative estimate of drug-likeness (QED) is 0.774. The molecule has 0 fully saturated rings. The average Bonchev–Trinajstić information content (AvgIpc) is 2.46. The summed E-state index contributed by atoms with van der Waals surface area (Å²) < 4.78 is 1.90. The van der Waals surface area contributed by atoms with Gasteiger partial charge in [-0.3, -0.25) is 4.79 Å². The second-order valence-electron chi connectivity index (χ2n) is 3.25. The summed E-state index contributed by atoms with van der Waals surface area (Å²) in [6.45, 7) is 0. The van der Waals surface area contributed by atoms with Crippen molar-refractivity contribution in [3.63, 3.8) is 0 Å². The largest absolute Gasteiger partial charge is 0.481 e. The predicted octanol–water partition coefficient (Wildman–Crippen LogP) is 1.20. The Balaban J connectivity index is 2.46. The maximum Gasteiger partial charge on any atom is 0.307 e. The summed E-state index contributed by atoms with van der Waals surface area (Å²) in [6.07, 6.45) is 1.77. The molecule has 2 aromatic rings. The number of carbonyl (C=O) groups is 1.